The van der Waals surface area contributed by atoms with Gasteiger partial charge in [0.05, 0.1) is 19.7 Å². The van der Waals surface area contributed by atoms with E-state index in [1.54, 1.807) is 0 Å². The van der Waals surface area contributed by atoms with Crippen molar-refractivity contribution in [2.45, 2.75) is 0 Å². The number of hydrogen-bond acceptors (Lipinski definition) is 6. The summed E-state index contributed by atoms with van der Waals surface area (Å²) in [5.74, 6) is -3.31. The van der Waals surface area contributed by atoms with Gasteiger partial charge in [-0.1, -0.05) is 0 Å². The van der Waals surface area contributed by atoms with Crippen LogP contribution in [0.25, 0.3) is 0 Å². The Morgan fingerprint density at radius 1 is 1.33 bits per heavy atom. The first kappa shape index (κ1) is 14.4. The molecular weight excluding hydrogens is 264 g/mol. The lowest BCUT2D eigenvalue weighted by Crippen LogP contribution is -2.55. The van der Waals surface area contributed by atoms with Gasteiger partial charge in [-0.3, -0.25) is 4.55 Å². The molecular formula is C9H13N2O6S+. The van der Waals surface area contributed by atoms with Crippen LogP contribution in [0.15, 0.2) is 23.1 Å². The molecule has 18 heavy (non-hydrogen) atoms. The van der Waals surface area contributed by atoms with Crippen molar-refractivity contribution in [2.75, 3.05) is 19.8 Å². The van der Waals surface area contributed by atoms with Crippen LogP contribution in [0, 0.1) is 0 Å². The van der Waals surface area contributed by atoms with Crippen molar-refractivity contribution < 1.29 is 32.1 Å². The zero-order valence-electron chi connectivity index (χ0n) is 9.74. The lowest BCUT2D eigenvalue weighted by Gasteiger charge is -2.28. The lowest BCUT2D eigenvalue weighted by molar-refractivity contribution is -0.731. The van der Waals surface area contributed by atoms with Crippen LogP contribution >= 0.6 is 0 Å². The molecule has 0 aliphatic carbocycles. The van der Waals surface area contributed by atoms with Gasteiger partial charge in [0.2, 0.25) is 0 Å². The van der Waals surface area contributed by atoms with Crippen LogP contribution in [0.2, 0.25) is 0 Å². The fraction of sp³-hybridized carbons (Fsp3) is 0.333. The molecule has 1 aliphatic rings. The second-order valence-electron chi connectivity index (χ2n) is 4.26. The van der Waals surface area contributed by atoms with Gasteiger partial charge >= 0.3 is 11.8 Å². The number of quaternary nitrogens is 1. The number of nitrogens with zero attached hydrogens (tertiary/aromatic N) is 1. The van der Waals surface area contributed by atoms with Crippen LogP contribution < -0.4 is 5.73 Å². The Morgan fingerprint density at radius 3 is 2.22 bits per heavy atom. The van der Waals surface area contributed by atoms with Gasteiger partial charge in [0.1, 0.15) is 11.3 Å². The Morgan fingerprint density at radius 2 is 1.83 bits per heavy atom. The summed E-state index contributed by atoms with van der Waals surface area (Å²) in [6.45, 7) is 0. The number of likely N-dealkylation sites (N-methyl/N-ethyl adjacent to an activating group) is 1. The smallest absolute Gasteiger partial charge is 0.358 e. The molecule has 1 rings (SSSR count). The molecule has 0 bridgehead atoms. The van der Waals surface area contributed by atoms with E-state index < -0.39 is 38.1 Å². The maximum atomic E-state index is 11.9. The first-order chi connectivity index (χ1) is 7.97. The van der Waals surface area contributed by atoms with E-state index >= 15 is 0 Å². The van der Waals surface area contributed by atoms with Crippen molar-refractivity contribution in [3.8, 4) is 0 Å². The van der Waals surface area contributed by atoms with Gasteiger partial charge in [-0.2, -0.15) is 12.9 Å². The summed E-state index contributed by atoms with van der Waals surface area (Å²) in [4.78, 5) is 23.7. The number of imide groups is 1. The minimum absolute atomic E-state index is 0.325. The number of rotatable bonds is 2. The Labute approximate surface area is 103 Å². The van der Waals surface area contributed by atoms with Crippen molar-refractivity contribution in [1.82, 2.24) is 0 Å². The fourth-order valence-corrected chi connectivity index (χ4v) is 2.13. The van der Waals surface area contributed by atoms with Crippen molar-refractivity contribution in [1.29, 1.82) is 0 Å². The molecule has 0 aromatic heterocycles. The quantitative estimate of drug-likeness (QED) is 0.187. The Hall–Kier alpha value is -1.71. The van der Waals surface area contributed by atoms with Gasteiger partial charge in [-0.15, -0.1) is 0 Å². The van der Waals surface area contributed by atoms with Crippen LogP contribution in [-0.4, -0.2) is 54.2 Å². The van der Waals surface area contributed by atoms with Crippen LogP contribution in [0.4, 0.5) is 0 Å². The molecule has 0 fully saturated rings. The summed E-state index contributed by atoms with van der Waals surface area (Å²) in [7, 11) is -1.98. The third-order valence-corrected chi connectivity index (χ3v) is 3.13. The topological polar surface area (TPSA) is 135 Å². The molecule has 0 aromatic rings. The highest BCUT2D eigenvalue weighted by atomic mass is 32.2. The zero-order chi connectivity index (χ0) is 14.3. The largest absolute Gasteiger partial charge is 0.494 e. The number of carbonyl (C=O) groups excluding carboxylic acids is 2. The van der Waals surface area contributed by atoms with Crippen LogP contribution in [-0.2, 0) is 19.7 Å². The average Bonchev–Trinajstić information content (AvgIpc) is 2.17. The SMILES string of the molecule is C[N+]1(C)C(=O)C(CS(=O)(=O)O)=CC(=C(N)O)C1=O. The minimum atomic E-state index is -4.43. The highest BCUT2D eigenvalue weighted by Gasteiger charge is 2.45. The fourth-order valence-electron chi connectivity index (χ4n) is 1.53. The van der Waals surface area contributed by atoms with E-state index in [0.717, 1.165) is 6.08 Å². The number of amides is 2. The molecule has 0 aromatic carbocycles. The molecule has 0 unspecified atom stereocenters. The Kier molecular flexibility index (Phi) is 3.34. The van der Waals surface area contributed by atoms with Gasteiger partial charge in [-0.05, 0) is 6.08 Å². The predicted octanol–water partition coefficient (Wildman–Crippen LogP) is -1.33. The first-order valence-corrected chi connectivity index (χ1v) is 6.36. The minimum Gasteiger partial charge on any atom is -0.494 e. The summed E-state index contributed by atoms with van der Waals surface area (Å²) in [5, 5.41) is 9.14. The maximum Gasteiger partial charge on any atom is 0.358 e. The molecule has 0 spiro atoms. The van der Waals surface area contributed by atoms with Gasteiger partial charge in [0, 0.05) is 0 Å². The molecule has 0 saturated heterocycles. The van der Waals surface area contributed by atoms with Gasteiger partial charge in [-0.25, -0.2) is 9.59 Å². The standard InChI is InChI=1S/C9H12N2O6S/c1-11(2)8(13)5(4-18(15,16)17)3-6(7(10)12)9(11)14/h3H,4H2,1-2H3,(H3-,10,12,13,14,15,16,17)/p+1. The number of aliphatic hydroxyl groups excluding tert-OH is 1. The van der Waals surface area contributed by atoms with Crippen molar-refractivity contribution in [3.05, 3.63) is 23.1 Å². The molecule has 4 N–H and O–H groups in total. The summed E-state index contributed by atoms with van der Waals surface area (Å²) in [6.07, 6.45) is 0.872. The molecule has 9 heteroatoms. The van der Waals surface area contributed by atoms with E-state index in [-0.39, 0.29) is 11.1 Å². The summed E-state index contributed by atoms with van der Waals surface area (Å²) < 4.78 is 29.5. The number of aliphatic hydroxyl groups is 1. The van der Waals surface area contributed by atoms with E-state index in [4.69, 9.17) is 15.4 Å². The Bertz CT molecular complexity index is 580. The van der Waals surface area contributed by atoms with E-state index in [2.05, 4.69) is 0 Å². The number of hydrogen-bond donors (Lipinski definition) is 3. The van der Waals surface area contributed by atoms with Gasteiger partial charge in [0.25, 0.3) is 10.1 Å². The van der Waals surface area contributed by atoms with Crippen LogP contribution in [0.3, 0.4) is 0 Å². The van der Waals surface area contributed by atoms with E-state index in [1.807, 2.05) is 0 Å². The monoisotopic (exact) mass is 277 g/mol. The lowest BCUT2D eigenvalue weighted by atomic mass is 10.0. The molecule has 1 aliphatic heterocycles. The molecule has 0 saturated carbocycles. The van der Waals surface area contributed by atoms with Crippen LogP contribution in [0.1, 0.15) is 0 Å². The highest BCUT2D eigenvalue weighted by molar-refractivity contribution is 7.86. The molecule has 0 radical (unpaired) electrons. The van der Waals surface area contributed by atoms with Gasteiger partial charge in [0.15, 0.2) is 5.88 Å². The third-order valence-electron chi connectivity index (χ3n) is 2.45. The van der Waals surface area contributed by atoms with E-state index in [0.29, 0.717) is 0 Å². The average molecular weight is 277 g/mol. The highest BCUT2D eigenvalue weighted by Crippen LogP contribution is 2.23. The summed E-state index contributed by atoms with van der Waals surface area (Å²) in [5.41, 5.74) is 4.40. The molecule has 8 nitrogen and oxygen atoms in total. The normalized spacial score (nSPS) is 22.7. The van der Waals surface area contributed by atoms with Crippen molar-refractivity contribution in [3.63, 3.8) is 0 Å². The molecule has 1 heterocycles. The first-order valence-electron chi connectivity index (χ1n) is 4.75. The van der Waals surface area contributed by atoms with Crippen LogP contribution in [0.5, 0.6) is 0 Å². The predicted molar refractivity (Wildman–Crippen MR) is 60.5 cm³/mol. The van der Waals surface area contributed by atoms with Gasteiger partial charge < -0.3 is 10.8 Å². The second kappa shape index (κ2) is 4.19. The summed E-state index contributed by atoms with van der Waals surface area (Å²) >= 11 is 0. The number of carbonyl (C=O) groups is 2. The zero-order valence-corrected chi connectivity index (χ0v) is 10.6. The molecule has 2 amide bonds. The molecule has 100 valence electrons. The number of nitrogens with two attached hydrogens (primary N) is 1. The maximum absolute atomic E-state index is 11.9. The van der Waals surface area contributed by atoms with E-state index in [1.165, 1.54) is 14.1 Å². The summed E-state index contributed by atoms with van der Waals surface area (Å²) in [6, 6.07) is 0. The molecule has 0 atom stereocenters. The van der Waals surface area contributed by atoms with E-state index in [9.17, 15) is 18.0 Å². The van der Waals surface area contributed by atoms with Crippen molar-refractivity contribution in [2.24, 2.45) is 5.73 Å². The second-order valence-corrected chi connectivity index (χ2v) is 5.71. The Balaban J connectivity index is 3.43. The third kappa shape index (κ3) is 2.58. The van der Waals surface area contributed by atoms with Crippen molar-refractivity contribution >= 4 is 21.9 Å².